The highest BCUT2D eigenvalue weighted by Gasteiger charge is 2.64. The van der Waals surface area contributed by atoms with Gasteiger partial charge in [-0.05, 0) is 104 Å². The topological polar surface area (TPSA) is 60.7 Å². The zero-order valence-electron chi connectivity index (χ0n) is 18.6. The molecule has 0 unspecified atom stereocenters. The van der Waals surface area contributed by atoms with E-state index < -0.39 is 0 Å². The minimum absolute atomic E-state index is 0.167. The fourth-order valence-corrected chi connectivity index (χ4v) is 9.34. The molecule has 4 aliphatic carbocycles. The smallest absolute Gasteiger partial charge is 0.0605 e. The van der Waals surface area contributed by atoms with E-state index in [-0.39, 0.29) is 12.2 Å². The average Bonchev–Trinajstić information content (AvgIpc) is 3.01. The maximum absolute atomic E-state index is 11.7. The van der Waals surface area contributed by atoms with Gasteiger partial charge in [0.15, 0.2) is 0 Å². The number of hydrogen-bond acceptors (Lipinski definition) is 3. The van der Waals surface area contributed by atoms with E-state index in [4.69, 9.17) is 0 Å². The second-order valence-electron chi connectivity index (χ2n) is 11.6. The van der Waals surface area contributed by atoms with Crippen LogP contribution in [0.4, 0.5) is 0 Å². The Morgan fingerprint density at radius 3 is 2.29 bits per heavy atom. The van der Waals surface area contributed by atoms with E-state index in [0.29, 0.717) is 58.9 Å². The van der Waals surface area contributed by atoms with E-state index in [2.05, 4.69) is 27.7 Å². The molecule has 11 atom stereocenters. The molecular weight excluding hydrogens is 348 g/mol. The molecule has 0 aromatic heterocycles. The predicted molar refractivity (Wildman–Crippen MR) is 113 cm³/mol. The van der Waals surface area contributed by atoms with Crippen LogP contribution in [0.15, 0.2) is 0 Å². The van der Waals surface area contributed by atoms with Gasteiger partial charge in [-0.25, -0.2) is 0 Å². The number of hydrogen-bond donors (Lipinski definition) is 3. The maximum Gasteiger partial charge on any atom is 0.0605 e. The Kier molecular flexibility index (Phi) is 5.69. The molecule has 0 aliphatic heterocycles. The third-order valence-corrected chi connectivity index (χ3v) is 10.7. The maximum atomic E-state index is 11.7. The fraction of sp³-hybridized carbons (Fsp3) is 1.00. The van der Waals surface area contributed by atoms with Gasteiger partial charge in [0.2, 0.25) is 0 Å². The van der Waals surface area contributed by atoms with Crippen LogP contribution in [0.5, 0.6) is 0 Å². The van der Waals surface area contributed by atoms with Crippen molar-refractivity contribution in [3.8, 4) is 0 Å². The first kappa shape index (κ1) is 21.1. The van der Waals surface area contributed by atoms with E-state index >= 15 is 0 Å². The highest BCUT2D eigenvalue weighted by atomic mass is 16.3. The van der Waals surface area contributed by atoms with Gasteiger partial charge in [0.1, 0.15) is 0 Å². The summed E-state index contributed by atoms with van der Waals surface area (Å²) in [5.41, 5.74) is 0.617. The summed E-state index contributed by atoms with van der Waals surface area (Å²) < 4.78 is 0. The lowest BCUT2D eigenvalue weighted by atomic mass is 9.41. The minimum atomic E-state index is -0.199. The lowest BCUT2D eigenvalue weighted by Gasteiger charge is -2.64. The number of fused-ring (bicyclic) bond motifs is 5. The molecule has 3 nitrogen and oxygen atoms in total. The number of rotatable bonds is 4. The third kappa shape index (κ3) is 2.94. The van der Waals surface area contributed by atoms with Crippen molar-refractivity contribution in [2.75, 3.05) is 6.61 Å². The molecule has 4 saturated carbocycles. The van der Waals surface area contributed by atoms with Gasteiger partial charge in [-0.1, -0.05) is 34.1 Å². The predicted octanol–water partition coefficient (Wildman–Crippen LogP) is 4.63. The second kappa shape index (κ2) is 7.54. The summed E-state index contributed by atoms with van der Waals surface area (Å²) in [4.78, 5) is 0. The van der Waals surface area contributed by atoms with Crippen LogP contribution in [0.1, 0.15) is 85.5 Å². The van der Waals surface area contributed by atoms with Crippen LogP contribution < -0.4 is 0 Å². The first-order chi connectivity index (χ1) is 13.3. The van der Waals surface area contributed by atoms with Gasteiger partial charge in [0.05, 0.1) is 12.2 Å². The van der Waals surface area contributed by atoms with Crippen LogP contribution in [0, 0.1) is 52.3 Å². The van der Waals surface area contributed by atoms with Crippen molar-refractivity contribution in [1.82, 2.24) is 0 Å². The van der Waals surface area contributed by atoms with Gasteiger partial charge in [-0.3, -0.25) is 0 Å². The van der Waals surface area contributed by atoms with Crippen LogP contribution in [-0.2, 0) is 0 Å². The van der Waals surface area contributed by atoms with E-state index in [1.165, 1.54) is 25.7 Å². The SMILES string of the molecule is CC[C@@H]1[C@@H](O)[C@@H]2[C@H](CC[C@]3(C)[C@@H]([C@H](C)CCO)CC[C@@H]23)[C@@]2(C)CC[C@@H](O)C[C@@H]12. The van der Waals surface area contributed by atoms with Gasteiger partial charge in [-0.2, -0.15) is 0 Å². The summed E-state index contributed by atoms with van der Waals surface area (Å²) >= 11 is 0. The Labute approximate surface area is 172 Å². The van der Waals surface area contributed by atoms with Crippen molar-refractivity contribution < 1.29 is 15.3 Å². The molecule has 0 radical (unpaired) electrons. The standard InChI is InChI=1S/C25H44O3/c1-5-17-21-14-16(27)8-11-25(21,4)20-9-12-24(3)18(15(2)10-13-26)6-7-19(24)22(20)23(17)28/h15-23,26-28H,5-14H2,1-4H3/t15-,16-,17+,18-,19+,20+,21+,22+,23-,24-,25-/m1/s1. The van der Waals surface area contributed by atoms with E-state index in [9.17, 15) is 15.3 Å². The molecule has 4 aliphatic rings. The van der Waals surface area contributed by atoms with Gasteiger partial charge < -0.3 is 15.3 Å². The molecule has 3 N–H and O–H groups in total. The van der Waals surface area contributed by atoms with Crippen LogP contribution in [0.2, 0.25) is 0 Å². The average molecular weight is 393 g/mol. The molecule has 162 valence electrons. The third-order valence-electron chi connectivity index (χ3n) is 10.7. The Bertz CT molecular complexity index is 564. The van der Waals surface area contributed by atoms with Gasteiger partial charge in [-0.15, -0.1) is 0 Å². The van der Waals surface area contributed by atoms with E-state index in [1.54, 1.807) is 0 Å². The molecule has 4 fully saturated rings. The molecular formula is C25H44O3. The van der Waals surface area contributed by atoms with Crippen LogP contribution in [0.3, 0.4) is 0 Å². The molecule has 0 amide bonds. The van der Waals surface area contributed by atoms with Crippen molar-refractivity contribution in [3.05, 3.63) is 0 Å². The first-order valence-corrected chi connectivity index (χ1v) is 12.2. The number of aliphatic hydroxyl groups excluding tert-OH is 3. The quantitative estimate of drug-likeness (QED) is 0.653. The summed E-state index contributed by atoms with van der Waals surface area (Å²) in [7, 11) is 0. The van der Waals surface area contributed by atoms with Crippen molar-refractivity contribution in [1.29, 1.82) is 0 Å². The molecule has 0 bridgehead atoms. The molecule has 3 heteroatoms. The van der Waals surface area contributed by atoms with Crippen molar-refractivity contribution in [3.63, 3.8) is 0 Å². The summed E-state index contributed by atoms with van der Waals surface area (Å²) in [5, 5.41) is 31.6. The summed E-state index contributed by atoms with van der Waals surface area (Å²) in [6.45, 7) is 9.92. The van der Waals surface area contributed by atoms with Gasteiger partial charge in [0.25, 0.3) is 0 Å². The van der Waals surface area contributed by atoms with Crippen molar-refractivity contribution in [2.45, 2.75) is 97.7 Å². The Morgan fingerprint density at radius 2 is 1.61 bits per heavy atom. The lowest BCUT2D eigenvalue weighted by molar-refractivity contribution is -0.203. The van der Waals surface area contributed by atoms with Crippen LogP contribution in [-0.4, -0.2) is 34.1 Å². The van der Waals surface area contributed by atoms with E-state index in [0.717, 1.165) is 32.1 Å². The Balaban J connectivity index is 1.67. The molecule has 4 rings (SSSR count). The summed E-state index contributed by atoms with van der Waals surface area (Å²) in [5.74, 6) is 3.78. The largest absolute Gasteiger partial charge is 0.396 e. The Hall–Kier alpha value is -0.120. The van der Waals surface area contributed by atoms with Gasteiger partial charge in [0, 0.05) is 6.61 Å². The minimum Gasteiger partial charge on any atom is -0.396 e. The second-order valence-corrected chi connectivity index (χ2v) is 11.6. The summed E-state index contributed by atoms with van der Waals surface area (Å²) in [6.07, 6.45) is 9.62. The molecule has 0 aromatic rings. The monoisotopic (exact) mass is 392 g/mol. The molecule has 0 spiro atoms. The van der Waals surface area contributed by atoms with Crippen LogP contribution >= 0.6 is 0 Å². The zero-order chi connectivity index (χ0) is 20.3. The lowest BCUT2D eigenvalue weighted by Crippen LogP contribution is -2.62. The van der Waals surface area contributed by atoms with Crippen molar-refractivity contribution >= 4 is 0 Å². The highest BCUT2D eigenvalue weighted by molar-refractivity contribution is 5.13. The summed E-state index contributed by atoms with van der Waals surface area (Å²) in [6, 6.07) is 0. The first-order valence-electron chi connectivity index (χ1n) is 12.2. The normalized spacial score (nSPS) is 54.5. The number of aliphatic hydroxyl groups is 3. The van der Waals surface area contributed by atoms with Gasteiger partial charge >= 0.3 is 0 Å². The van der Waals surface area contributed by atoms with Crippen molar-refractivity contribution in [2.24, 2.45) is 52.3 Å². The Morgan fingerprint density at radius 1 is 0.929 bits per heavy atom. The molecule has 0 saturated heterocycles. The van der Waals surface area contributed by atoms with Crippen LogP contribution in [0.25, 0.3) is 0 Å². The molecule has 0 heterocycles. The molecule has 0 aromatic carbocycles. The van der Waals surface area contributed by atoms with E-state index in [1.807, 2.05) is 0 Å². The molecule has 28 heavy (non-hydrogen) atoms. The fourth-order valence-electron chi connectivity index (χ4n) is 9.34. The highest BCUT2D eigenvalue weighted by Crippen LogP contribution is 2.69. The zero-order valence-corrected chi connectivity index (χ0v) is 18.6.